The van der Waals surface area contributed by atoms with Crippen LogP contribution in [-0.4, -0.2) is 39.0 Å². The number of carbonyl (C=O) groups excluding carboxylic acids is 1. The van der Waals surface area contributed by atoms with Gasteiger partial charge in [-0.25, -0.2) is 0 Å². The van der Waals surface area contributed by atoms with E-state index in [0.29, 0.717) is 0 Å². The van der Waals surface area contributed by atoms with Gasteiger partial charge >= 0.3 is 0 Å². The Morgan fingerprint density at radius 2 is 2.11 bits per heavy atom. The molecule has 0 spiro atoms. The summed E-state index contributed by atoms with van der Waals surface area (Å²) in [4.78, 5) is 15.7. The zero-order valence-corrected chi connectivity index (χ0v) is 12.0. The quantitative estimate of drug-likeness (QED) is 0.853. The van der Waals surface area contributed by atoms with E-state index < -0.39 is 0 Å². The number of thiazole rings is 1. The Hall–Kier alpha value is -1.43. The van der Waals surface area contributed by atoms with Crippen LogP contribution >= 0.6 is 11.3 Å². The molecule has 0 aliphatic heterocycles. The van der Waals surface area contributed by atoms with Crippen molar-refractivity contribution in [3.8, 4) is 0 Å². The minimum absolute atomic E-state index is 0.0795. The average Bonchev–Trinajstić information content (AvgIpc) is 2.87. The predicted octanol–water partition coefficient (Wildman–Crippen LogP) is 2.28. The molecule has 0 unspecified atom stereocenters. The van der Waals surface area contributed by atoms with Crippen molar-refractivity contribution in [1.29, 1.82) is 0 Å². The summed E-state index contributed by atoms with van der Waals surface area (Å²) in [7, 11) is 1.85. The summed E-state index contributed by atoms with van der Waals surface area (Å²) in [6.07, 6.45) is 2.12. The zero-order valence-electron chi connectivity index (χ0n) is 11.2. The van der Waals surface area contributed by atoms with Gasteiger partial charge in [-0.3, -0.25) is 9.20 Å². The summed E-state index contributed by atoms with van der Waals surface area (Å²) in [6, 6.07) is 0. The van der Waals surface area contributed by atoms with Crippen LogP contribution in [0, 0.1) is 13.8 Å². The number of fused-ring (bicyclic) bond motifs is 1. The van der Waals surface area contributed by atoms with Crippen molar-refractivity contribution in [2.75, 3.05) is 13.6 Å². The highest BCUT2D eigenvalue weighted by molar-refractivity contribution is 7.19. The van der Waals surface area contributed by atoms with Gasteiger partial charge in [0.2, 0.25) is 4.96 Å². The van der Waals surface area contributed by atoms with Crippen molar-refractivity contribution in [3.63, 3.8) is 0 Å². The molecule has 0 saturated carbocycles. The number of unbranched alkanes of at least 4 members (excludes halogenated alkanes) is 1. The van der Waals surface area contributed by atoms with Crippen LogP contribution in [0.4, 0.5) is 0 Å². The molecule has 2 aromatic heterocycles. The number of aryl methyl sites for hydroxylation is 2. The molecular formula is C12H18N4OS. The Morgan fingerprint density at radius 1 is 1.39 bits per heavy atom. The fourth-order valence-corrected chi connectivity index (χ4v) is 3.04. The first kappa shape index (κ1) is 13.0. The monoisotopic (exact) mass is 266 g/mol. The molecule has 0 fully saturated rings. The molecule has 0 aliphatic carbocycles. The van der Waals surface area contributed by atoms with Crippen LogP contribution in [0.1, 0.15) is 41.0 Å². The predicted molar refractivity (Wildman–Crippen MR) is 72.2 cm³/mol. The van der Waals surface area contributed by atoms with Crippen LogP contribution in [0.25, 0.3) is 4.96 Å². The molecule has 0 bridgehead atoms. The van der Waals surface area contributed by atoms with Gasteiger partial charge in [0.1, 0.15) is 10.7 Å². The minimum atomic E-state index is 0.0795. The van der Waals surface area contributed by atoms with Gasteiger partial charge in [0.15, 0.2) is 0 Å². The lowest BCUT2D eigenvalue weighted by Gasteiger charge is -2.15. The van der Waals surface area contributed by atoms with Crippen LogP contribution in [0.2, 0.25) is 0 Å². The van der Waals surface area contributed by atoms with Gasteiger partial charge in [0, 0.05) is 19.3 Å². The van der Waals surface area contributed by atoms with E-state index in [-0.39, 0.29) is 5.91 Å². The second-order valence-electron chi connectivity index (χ2n) is 4.46. The summed E-state index contributed by atoms with van der Waals surface area (Å²) >= 11 is 1.41. The molecule has 0 aromatic carbocycles. The van der Waals surface area contributed by atoms with E-state index in [4.69, 9.17) is 0 Å². The van der Waals surface area contributed by atoms with Crippen molar-refractivity contribution in [1.82, 2.24) is 19.5 Å². The largest absolute Gasteiger partial charge is 0.341 e. The molecule has 2 rings (SSSR count). The highest BCUT2D eigenvalue weighted by atomic mass is 32.1. The lowest BCUT2D eigenvalue weighted by Crippen LogP contribution is -2.27. The van der Waals surface area contributed by atoms with Crippen molar-refractivity contribution < 1.29 is 4.79 Å². The number of hydrogen-bond acceptors (Lipinski definition) is 4. The molecule has 98 valence electrons. The smallest absolute Gasteiger partial charge is 0.265 e. The first-order valence-electron chi connectivity index (χ1n) is 6.12. The van der Waals surface area contributed by atoms with Gasteiger partial charge in [0.05, 0.1) is 0 Å². The van der Waals surface area contributed by atoms with E-state index in [9.17, 15) is 4.79 Å². The first-order valence-corrected chi connectivity index (χ1v) is 6.94. The van der Waals surface area contributed by atoms with Gasteiger partial charge in [0.25, 0.3) is 5.91 Å². The van der Waals surface area contributed by atoms with E-state index >= 15 is 0 Å². The summed E-state index contributed by atoms with van der Waals surface area (Å²) in [5.41, 5.74) is 0.936. The molecule has 5 nitrogen and oxygen atoms in total. The van der Waals surface area contributed by atoms with E-state index in [2.05, 4.69) is 17.1 Å². The fourth-order valence-electron chi connectivity index (χ4n) is 1.93. The van der Waals surface area contributed by atoms with E-state index in [0.717, 1.165) is 40.7 Å². The summed E-state index contributed by atoms with van der Waals surface area (Å²) < 4.78 is 1.94. The molecule has 18 heavy (non-hydrogen) atoms. The van der Waals surface area contributed by atoms with E-state index in [1.807, 2.05) is 25.3 Å². The molecule has 0 radical (unpaired) electrons. The van der Waals surface area contributed by atoms with Crippen molar-refractivity contribution in [2.45, 2.75) is 33.6 Å². The number of carbonyl (C=O) groups is 1. The molecule has 0 aliphatic rings. The normalized spacial score (nSPS) is 11.1. The summed E-state index contributed by atoms with van der Waals surface area (Å²) in [5, 5.41) is 8.07. The molecule has 2 aromatic rings. The molecule has 0 N–H and O–H groups in total. The van der Waals surface area contributed by atoms with Gasteiger partial charge in [-0.05, 0) is 20.3 Å². The fraction of sp³-hybridized carbons (Fsp3) is 0.583. The van der Waals surface area contributed by atoms with Gasteiger partial charge in [-0.15, -0.1) is 10.2 Å². The number of rotatable bonds is 4. The third-order valence-electron chi connectivity index (χ3n) is 3.04. The van der Waals surface area contributed by atoms with Gasteiger partial charge < -0.3 is 4.90 Å². The van der Waals surface area contributed by atoms with Gasteiger partial charge in [-0.1, -0.05) is 24.7 Å². The third kappa shape index (κ3) is 2.12. The highest BCUT2D eigenvalue weighted by Crippen LogP contribution is 2.23. The van der Waals surface area contributed by atoms with Gasteiger partial charge in [-0.2, -0.15) is 0 Å². The maximum atomic E-state index is 12.3. The summed E-state index contributed by atoms with van der Waals surface area (Å²) in [5.74, 6) is 0.907. The van der Waals surface area contributed by atoms with Crippen LogP contribution in [0.15, 0.2) is 0 Å². The Balaban J connectivity index is 2.30. The lowest BCUT2D eigenvalue weighted by atomic mass is 10.3. The Morgan fingerprint density at radius 3 is 2.72 bits per heavy atom. The Bertz CT molecular complexity index is 572. The molecule has 1 amide bonds. The third-order valence-corrected chi connectivity index (χ3v) is 4.16. The second kappa shape index (κ2) is 5.06. The van der Waals surface area contributed by atoms with Crippen LogP contribution in [-0.2, 0) is 0 Å². The highest BCUT2D eigenvalue weighted by Gasteiger charge is 2.20. The maximum Gasteiger partial charge on any atom is 0.265 e. The minimum Gasteiger partial charge on any atom is -0.341 e. The average molecular weight is 266 g/mol. The van der Waals surface area contributed by atoms with Crippen LogP contribution in [0.3, 0.4) is 0 Å². The number of hydrogen-bond donors (Lipinski definition) is 0. The molecular weight excluding hydrogens is 248 g/mol. The standard InChI is InChI=1S/C12H18N4OS/c1-5-6-7-15(4)11(17)10-8(2)16-9(3)13-14-12(16)18-10/h5-7H2,1-4H3. The number of nitrogens with zero attached hydrogens (tertiary/aromatic N) is 4. The number of amides is 1. The zero-order chi connectivity index (χ0) is 13.3. The number of aromatic nitrogens is 3. The molecule has 0 atom stereocenters. The van der Waals surface area contributed by atoms with Crippen molar-refractivity contribution in [3.05, 3.63) is 16.4 Å². The topological polar surface area (TPSA) is 50.5 Å². The molecule has 0 saturated heterocycles. The van der Waals surface area contributed by atoms with E-state index in [1.165, 1.54) is 11.3 Å². The molecule has 6 heteroatoms. The van der Waals surface area contributed by atoms with E-state index in [1.54, 1.807) is 4.90 Å². The Labute approximate surface area is 110 Å². The lowest BCUT2D eigenvalue weighted by molar-refractivity contribution is 0.0797. The first-order chi connectivity index (χ1) is 8.56. The van der Waals surface area contributed by atoms with Crippen LogP contribution < -0.4 is 0 Å². The summed E-state index contributed by atoms with van der Waals surface area (Å²) in [6.45, 7) is 6.76. The Kier molecular flexibility index (Phi) is 3.65. The SMILES string of the molecule is CCCCN(C)C(=O)c1sc2nnc(C)n2c1C. The molecule has 2 heterocycles. The van der Waals surface area contributed by atoms with Crippen LogP contribution in [0.5, 0.6) is 0 Å². The van der Waals surface area contributed by atoms with Crippen molar-refractivity contribution >= 4 is 22.2 Å². The van der Waals surface area contributed by atoms with Crippen molar-refractivity contribution in [2.24, 2.45) is 0 Å². The second-order valence-corrected chi connectivity index (χ2v) is 5.44. The maximum absolute atomic E-state index is 12.3.